The highest BCUT2D eigenvalue weighted by atomic mass is 32.2. The fraction of sp³-hybridized carbons (Fsp3) is 0.538. The fourth-order valence-electron chi connectivity index (χ4n) is 4.45. The number of guanidine groups is 1. The lowest BCUT2D eigenvalue weighted by Gasteiger charge is -2.40. The first kappa shape index (κ1) is 27.7. The first-order chi connectivity index (χ1) is 17.4. The molecule has 1 aromatic rings. The van der Waals surface area contributed by atoms with Crippen LogP contribution in [0.5, 0.6) is 0 Å². The van der Waals surface area contributed by atoms with E-state index in [2.05, 4.69) is 15.2 Å². The Morgan fingerprint density at radius 1 is 1.28 bits per heavy atom. The van der Waals surface area contributed by atoms with Gasteiger partial charge < -0.3 is 24.4 Å². The third-order valence-corrected chi connectivity index (χ3v) is 7.77. The van der Waals surface area contributed by atoms with Gasteiger partial charge in [0, 0.05) is 46.1 Å². The maximum Gasteiger partial charge on any atom is 0.316 e. The number of allylic oxidation sites excluding steroid dienone is 1. The quantitative estimate of drug-likeness (QED) is 0.178. The van der Waals surface area contributed by atoms with Crippen LogP contribution in [0.1, 0.15) is 44.6 Å². The van der Waals surface area contributed by atoms with Gasteiger partial charge in [0.25, 0.3) is 0 Å². The average molecular weight is 516 g/mol. The van der Waals surface area contributed by atoms with Crippen molar-refractivity contribution in [3.63, 3.8) is 0 Å². The number of aliphatic imine (C=N–C) groups is 2. The van der Waals surface area contributed by atoms with Gasteiger partial charge in [0.05, 0.1) is 24.6 Å². The van der Waals surface area contributed by atoms with E-state index in [1.54, 1.807) is 23.7 Å². The molecule has 1 N–H and O–H groups in total. The first-order valence-electron chi connectivity index (χ1n) is 12.4. The number of benzene rings is 1. The second-order valence-electron chi connectivity index (χ2n) is 9.06. The van der Waals surface area contributed by atoms with Gasteiger partial charge in [-0.05, 0) is 36.0 Å². The Bertz CT molecular complexity index is 974. The summed E-state index contributed by atoms with van der Waals surface area (Å²) in [6.07, 6.45) is 4.76. The number of nitrogens with one attached hydrogen (secondary N) is 1. The lowest BCUT2D eigenvalue weighted by molar-refractivity contribution is -0.149. The minimum Gasteiger partial charge on any atom is -0.612 e. The summed E-state index contributed by atoms with van der Waals surface area (Å²) in [5.41, 5.74) is 1.01. The number of rotatable bonds is 9. The standard InChI is InChI=1S/C26H37N5O4S/c1-4-8-23(32)30(2)17-14-27-20-28-25(29-22-11-18-36(34)19-22)31-15-12-26(13-16-31,24(33)35-3)21-9-6-5-7-10-21/h5-7,9-10,19-20H,4,8,11-18H2,1-3H3,(H,27,28,29)/t36-/m0/s1. The second kappa shape index (κ2) is 13.5. The number of piperidine rings is 1. The minimum absolute atomic E-state index is 0.125. The van der Waals surface area contributed by atoms with Gasteiger partial charge in [0.2, 0.25) is 11.9 Å². The molecular weight excluding hydrogens is 478 g/mol. The zero-order valence-electron chi connectivity index (χ0n) is 21.4. The third kappa shape index (κ3) is 7.10. The highest BCUT2D eigenvalue weighted by molar-refractivity contribution is 7.94. The molecule has 0 bridgehead atoms. The van der Waals surface area contributed by atoms with Crippen molar-refractivity contribution in [3.8, 4) is 0 Å². The normalized spacial score (nSPS) is 19.8. The third-order valence-electron chi connectivity index (χ3n) is 6.63. The summed E-state index contributed by atoms with van der Waals surface area (Å²) in [7, 11) is 3.23. The summed E-state index contributed by atoms with van der Waals surface area (Å²) in [4.78, 5) is 37.9. The van der Waals surface area contributed by atoms with E-state index in [9.17, 15) is 14.1 Å². The highest BCUT2D eigenvalue weighted by Crippen LogP contribution is 2.37. The topological polar surface area (TPSA) is 110 Å². The Hall–Kier alpha value is -2.85. The molecule has 10 heteroatoms. The van der Waals surface area contributed by atoms with E-state index in [-0.39, 0.29) is 11.9 Å². The van der Waals surface area contributed by atoms with Gasteiger partial charge in [-0.3, -0.25) is 9.59 Å². The average Bonchev–Trinajstić information content (AvgIpc) is 3.32. The van der Waals surface area contributed by atoms with Crippen molar-refractivity contribution in [1.29, 1.82) is 0 Å². The summed E-state index contributed by atoms with van der Waals surface area (Å²) in [5.74, 6) is 0.994. The molecule has 36 heavy (non-hydrogen) atoms. The number of hydrogen-bond donors (Lipinski definition) is 1. The van der Waals surface area contributed by atoms with Crippen molar-refractivity contribution >= 4 is 35.4 Å². The van der Waals surface area contributed by atoms with Crippen molar-refractivity contribution in [2.45, 2.75) is 44.4 Å². The summed E-state index contributed by atoms with van der Waals surface area (Å²) in [5, 5.41) is 4.82. The van der Waals surface area contributed by atoms with Crippen LogP contribution >= 0.6 is 0 Å². The molecule has 1 aromatic carbocycles. The van der Waals surface area contributed by atoms with E-state index in [1.807, 2.05) is 37.3 Å². The van der Waals surface area contributed by atoms with Crippen LogP contribution in [-0.2, 0) is 30.9 Å². The fourth-order valence-corrected chi connectivity index (χ4v) is 5.45. The SMILES string of the molecule is CCCC(=O)N(C)CCN/C=N/C(=N\C1=C[S@@+]([O-])CC1)N1CCC(C(=O)OC)(c2ccccc2)CC1. The number of likely N-dealkylation sites (tertiary alicyclic amines) is 1. The Morgan fingerprint density at radius 3 is 2.61 bits per heavy atom. The second-order valence-corrected chi connectivity index (χ2v) is 10.5. The van der Waals surface area contributed by atoms with E-state index in [4.69, 9.17) is 9.73 Å². The Morgan fingerprint density at radius 2 is 2.00 bits per heavy atom. The maximum absolute atomic E-state index is 12.9. The number of methoxy groups -OCH3 is 1. The molecule has 196 valence electrons. The van der Waals surface area contributed by atoms with Crippen LogP contribution in [0.15, 0.2) is 51.4 Å². The number of carbonyl (C=O) groups excluding carboxylic acids is 2. The monoisotopic (exact) mass is 515 g/mol. The van der Waals surface area contributed by atoms with Crippen LogP contribution in [0, 0.1) is 0 Å². The molecule has 0 aromatic heterocycles. The van der Waals surface area contributed by atoms with E-state index < -0.39 is 16.6 Å². The molecule has 0 spiro atoms. The van der Waals surface area contributed by atoms with Crippen molar-refractivity contribution in [2.24, 2.45) is 9.98 Å². The number of hydrogen-bond acceptors (Lipinski definition) is 5. The smallest absolute Gasteiger partial charge is 0.316 e. The number of ether oxygens (including phenoxy) is 1. The van der Waals surface area contributed by atoms with Crippen LogP contribution in [0.25, 0.3) is 0 Å². The van der Waals surface area contributed by atoms with E-state index >= 15 is 0 Å². The molecule has 3 rings (SSSR count). The molecule has 0 radical (unpaired) electrons. The predicted octanol–water partition coefficient (Wildman–Crippen LogP) is 2.42. The molecule has 0 aliphatic carbocycles. The zero-order chi connectivity index (χ0) is 26.0. The molecule has 2 aliphatic heterocycles. The Balaban J connectivity index is 1.69. The van der Waals surface area contributed by atoms with Crippen molar-refractivity contribution in [3.05, 3.63) is 47.0 Å². The van der Waals surface area contributed by atoms with Gasteiger partial charge in [0.1, 0.15) is 11.2 Å². The lowest BCUT2D eigenvalue weighted by atomic mass is 9.73. The predicted molar refractivity (Wildman–Crippen MR) is 143 cm³/mol. The molecule has 0 unspecified atom stereocenters. The minimum atomic E-state index is -0.993. The molecule has 9 nitrogen and oxygen atoms in total. The molecule has 1 saturated heterocycles. The number of likely N-dealkylation sites (N-methyl/N-ethyl adjacent to an activating group) is 1. The molecule has 2 aliphatic rings. The van der Waals surface area contributed by atoms with Crippen LogP contribution in [0.2, 0.25) is 0 Å². The number of amides is 1. The largest absolute Gasteiger partial charge is 0.612 e. The summed E-state index contributed by atoms with van der Waals surface area (Å²) in [6.45, 7) is 4.27. The number of carbonyl (C=O) groups is 2. The number of esters is 1. The van der Waals surface area contributed by atoms with Crippen LogP contribution in [-0.4, -0.2) is 84.6 Å². The molecule has 1 atom stereocenters. The van der Waals surface area contributed by atoms with E-state index in [0.29, 0.717) is 63.6 Å². The molecular formula is C26H37N5O4S. The summed E-state index contributed by atoms with van der Waals surface area (Å²) in [6, 6.07) is 9.77. The Kier molecular flexibility index (Phi) is 10.4. The van der Waals surface area contributed by atoms with Gasteiger partial charge in [-0.25, -0.2) is 9.98 Å². The maximum atomic E-state index is 12.9. The molecule has 1 amide bonds. The van der Waals surface area contributed by atoms with Gasteiger partial charge in [-0.15, -0.1) is 0 Å². The summed E-state index contributed by atoms with van der Waals surface area (Å²) < 4.78 is 17.1. The number of nitrogens with zero attached hydrogens (tertiary/aromatic N) is 4. The van der Waals surface area contributed by atoms with Gasteiger partial charge in [-0.2, -0.15) is 0 Å². The lowest BCUT2D eigenvalue weighted by Crippen LogP contribution is -2.49. The van der Waals surface area contributed by atoms with Crippen molar-refractivity contribution < 1.29 is 18.9 Å². The molecule has 2 heterocycles. The Labute approximate surface area is 216 Å². The van der Waals surface area contributed by atoms with Crippen molar-refractivity contribution in [1.82, 2.24) is 15.1 Å². The first-order valence-corrected chi connectivity index (χ1v) is 13.8. The van der Waals surface area contributed by atoms with Gasteiger partial charge in [-0.1, -0.05) is 37.3 Å². The molecule has 1 fully saturated rings. The van der Waals surface area contributed by atoms with E-state index in [0.717, 1.165) is 17.7 Å². The highest BCUT2D eigenvalue weighted by Gasteiger charge is 2.44. The van der Waals surface area contributed by atoms with Gasteiger partial charge >= 0.3 is 5.97 Å². The van der Waals surface area contributed by atoms with Crippen LogP contribution in [0.3, 0.4) is 0 Å². The zero-order valence-corrected chi connectivity index (χ0v) is 22.3. The van der Waals surface area contributed by atoms with Crippen LogP contribution in [0.4, 0.5) is 0 Å². The van der Waals surface area contributed by atoms with E-state index in [1.165, 1.54) is 7.11 Å². The van der Waals surface area contributed by atoms with Gasteiger partial charge in [0.15, 0.2) is 0 Å². The molecule has 0 saturated carbocycles. The summed E-state index contributed by atoms with van der Waals surface area (Å²) >= 11 is -0.993. The van der Waals surface area contributed by atoms with Crippen molar-refractivity contribution in [2.75, 3.05) is 46.1 Å². The van der Waals surface area contributed by atoms with Crippen LogP contribution < -0.4 is 5.32 Å².